The van der Waals surface area contributed by atoms with Crippen molar-refractivity contribution in [2.75, 3.05) is 30.4 Å². The molecule has 1 aromatic heterocycles. The zero-order valence-corrected chi connectivity index (χ0v) is 17.2. The van der Waals surface area contributed by atoms with Crippen LogP contribution in [0.2, 0.25) is 0 Å². The van der Waals surface area contributed by atoms with Gasteiger partial charge in [0.15, 0.2) is 4.34 Å². The number of hydrogen-bond donors (Lipinski definition) is 3. The third-order valence-electron chi connectivity index (χ3n) is 5.24. The Balaban J connectivity index is 1.43. The fourth-order valence-electron chi connectivity index (χ4n) is 3.88. The average Bonchev–Trinajstić information content (AvgIpc) is 3.43. The number of carbonyl (C=O) groups is 2. The molecular weight excluding hydrogens is 412 g/mol. The first-order valence-electron chi connectivity index (χ1n) is 9.28. The normalized spacial score (nSPS) is 23.2. The van der Waals surface area contributed by atoms with Crippen LogP contribution in [0.1, 0.15) is 23.2 Å². The molecule has 0 bridgehead atoms. The number of nitrogens with one attached hydrogen (secondary N) is 1. The van der Waals surface area contributed by atoms with Crippen LogP contribution in [0.3, 0.4) is 0 Å². The molecule has 154 valence electrons. The summed E-state index contributed by atoms with van der Waals surface area (Å²) in [5.74, 6) is -0.0317. The number of para-hydroxylation sites is 1. The van der Waals surface area contributed by atoms with Gasteiger partial charge in [0.25, 0.3) is 5.91 Å². The second-order valence-corrected chi connectivity index (χ2v) is 9.03. The topological polar surface area (TPSA) is 136 Å². The summed E-state index contributed by atoms with van der Waals surface area (Å²) in [7, 11) is 0. The van der Waals surface area contributed by atoms with E-state index in [0.29, 0.717) is 30.8 Å². The van der Waals surface area contributed by atoms with Crippen molar-refractivity contribution in [1.29, 1.82) is 0 Å². The largest absolute Gasteiger partial charge is 0.397 e. The van der Waals surface area contributed by atoms with Crippen LogP contribution in [0.5, 0.6) is 0 Å². The Hall–Kier alpha value is -2.37. The van der Waals surface area contributed by atoms with E-state index in [1.165, 1.54) is 23.1 Å². The summed E-state index contributed by atoms with van der Waals surface area (Å²) in [5, 5.41) is 10.6. The first-order chi connectivity index (χ1) is 14.0. The average molecular weight is 435 g/mol. The quantitative estimate of drug-likeness (QED) is 0.452. The van der Waals surface area contributed by atoms with Gasteiger partial charge < -0.3 is 26.4 Å². The number of nitrogens with two attached hydrogens (primary N) is 2. The lowest BCUT2D eigenvalue weighted by Gasteiger charge is -2.30. The van der Waals surface area contributed by atoms with Gasteiger partial charge in [-0.3, -0.25) is 9.59 Å². The number of benzene rings is 1. The number of anilines is 2. The molecular formula is C18H22N6O3S2. The molecule has 0 radical (unpaired) electrons. The van der Waals surface area contributed by atoms with Crippen LogP contribution < -0.4 is 16.8 Å². The van der Waals surface area contributed by atoms with Crippen molar-refractivity contribution in [2.24, 2.45) is 0 Å². The maximum Gasteiger partial charge on any atom is 0.256 e. The van der Waals surface area contributed by atoms with Gasteiger partial charge in [-0.2, -0.15) is 0 Å². The molecule has 3 atom stereocenters. The van der Waals surface area contributed by atoms with Gasteiger partial charge in [0, 0.05) is 13.2 Å². The summed E-state index contributed by atoms with van der Waals surface area (Å²) < 4.78 is 6.55. The Kier molecular flexibility index (Phi) is 5.88. The lowest BCUT2D eigenvalue weighted by Crippen LogP contribution is -2.47. The van der Waals surface area contributed by atoms with Crippen LogP contribution in [-0.4, -0.2) is 64.0 Å². The number of ether oxygens (including phenoxy) is 1. The third kappa shape index (κ3) is 4.16. The number of carbonyl (C=O) groups excluding carboxylic acids is 2. The fraction of sp³-hybridized carbons (Fsp3) is 0.444. The molecule has 3 unspecified atom stereocenters. The number of likely N-dealkylation sites (tertiary alicyclic amines) is 1. The molecule has 9 nitrogen and oxygen atoms in total. The number of amides is 2. The predicted octanol–water partition coefficient (Wildman–Crippen LogP) is 0.983. The van der Waals surface area contributed by atoms with Gasteiger partial charge in [0.05, 0.1) is 40.9 Å². The van der Waals surface area contributed by atoms with Crippen molar-refractivity contribution >= 4 is 46.3 Å². The maximum atomic E-state index is 13.3. The molecule has 29 heavy (non-hydrogen) atoms. The molecule has 0 spiro atoms. The molecule has 1 aromatic carbocycles. The zero-order chi connectivity index (χ0) is 20.4. The number of aromatic nitrogens is 2. The van der Waals surface area contributed by atoms with E-state index in [2.05, 4.69) is 15.5 Å². The van der Waals surface area contributed by atoms with E-state index in [1.54, 1.807) is 23.7 Å². The SMILES string of the molecule is Nc1cccc(C(=O)N2C(CNC(=O)CSc3nncs3)CC3OCCC32)c1N. The van der Waals surface area contributed by atoms with Crippen LogP contribution in [-0.2, 0) is 9.53 Å². The highest BCUT2D eigenvalue weighted by molar-refractivity contribution is 8.01. The van der Waals surface area contributed by atoms with Crippen LogP contribution in [0.4, 0.5) is 11.4 Å². The highest BCUT2D eigenvalue weighted by Gasteiger charge is 2.47. The number of nitrogen functional groups attached to an aromatic ring is 2. The monoisotopic (exact) mass is 434 g/mol. The summed E-state index contributed by atoms with van der Waals surface area (Å²) in [6, 6.07) is 4.91. The van der Waals surface area contributed by atoms with E-state index in [4.69, 9.17) is 16.2 Å². The first kappa shape index (κ1) is 19.9. The third-order valence-corrected chi connectivity index (χ3v) is 7.10. The second-order valence-electron chi connectivity index (χ2n) is 6.97. The van der Waals surface area contributed by atoms with Crippen LogP contribution in [0.15, 0.2) is 28.0 Å². The van der Waals surface area contributed by atoms with Crippen LogP contribution >= 0.6 is 23.1 Å². The number of fused-ring (bicyclic) bond motifs is 1. The van der Waals surface area contributed by atoms with E-state index in [0.717, 1.165) is 10.8 Å². The van der Waals surface area contributed by atoms with E-state index < -0.39 is 0 Å². The van der Waals surface area contributed by atoms with Crippen molar-refractivity contribution in [1.82, 2.24) is 20.4 Å². The van der Waals surface area contributed by atoms with Crippen LogP contribution in [0, 0.1) is 0 Å². The molecule has 2 aliphatic heterocycles. The number of thioether (sulfide) groups is 1. The number of nitrogens with zero attached hydrogens (tertiary/aromatic N) is 3. The fourth-order valence-corrected chi connectivity index (χ4v) is 5.19. The van der Waals surface area contributed by atoms with Gasteiger partial charge in [-0.25, -0.2) is 0 Å². The van der Waals surface area contributed by atoms with Gasteiger partial charge in [-0.1, -0.05) is 29.2 Å². The molecule has 2 fully saturated rings. The van der Waals surface area contributed by atoms with Crippen molar-refractivity contribution in [3.63, 3.8) is 0 Å². The molecule has 4 rings (SSSR count). The maximum absolute atomic E-state index is 13.3. The van der Waals surface area contributed by atoms with Crippen molar-refractivity contribution in [2.45, 2.75) is 35.4 Å². The molecule has 2 aliphatic rings. The standard InChI is InChI=1S/C18H22N6O3S2/c19-12-3-1-2-11(16(12)20)17(26)24-10(6-14-13(24)4-5-27-14)7-21-15(25)8-28-18-23-22-9-29-18/h1-3,9-10,13-14H,4-8,19-20H2,(H,21,25). The Morgan fingerprint density at radius 2 is 2.24 bits per heavy atom. The lowest BCUT2D eigenvalue weighted by atomic mass is 10.1. The summed E-state index contributed by atoms with van der Waals surface area (Å²) in [5.41, 5.74) is 14.6. The van der Waals surface area contributed by atoms with E-state index >= 15 is 0 Å². The van der Waals surface area contributed by atoms with Gasteiger partial charge in [0.2, 0.25) is 5.91 Å². The summed E-state index contributed by atoms with van der Waals surface area (Å²) in [6.45, 7) is 0.989. The van der Waals surface area contributed by atoms with Gasteiger partial charge in [-0.05, 0) is 25.0 Å². The van der Waals surface area contributed by atoms with Gasteiger partial charge >= 0.3 is 0 Å². The number of rotatable bonds is 6. The molecule has 3 heterocycles. The Morgan fingerprint density at radius 3 is 3.03 bits per heavy atom. The molecule has 0 aliphatic carbocycles. The van der Waals surface area contributed by atoms with E-state index in [9.17, 15) is 9.59 Å². The van der Waals surface area contributed by atoms with E-state index in [-0.39, 0.29) is 41.4 Å². The Labute approximate surface area is 176 Å². The molecule has 2 amide bonds. The predicted molar refractivity (Wildman–Crippen MR) is 112 cm³/mol. The molecule has 11 heteroatoms. The lowest BCUT2D eigenvalue weighted by molar-refractivity contribution is -0.118. The molecule has 5 N–H and O–H groups in total. The van der Waals surface area contributed by atoms with E-state index in [1.807, 2.05) is 4.90 Å². The summed E-state index contributed by atoms with van der Waals surface area (Å²) in [6.07, 6.45) is 1.44. The molecule has 2 aromatic rings. The van der Waals surface area contributed by atoms with Crippen molar-refractivity contribution in [3.8, 4) is 0 Å². The molecule has 2 saturated heterocycles. The minimum Gasteiger partial charge on any atom is -0.397 e. The Morgan fingerprint density at radius 1 is 1.38 bits per heavy atom. The molecule has 0 saturated carbocycles. The minimum absolute atomic E-state index is 0.0130. The zero-order valence-electron chi connectivity index (χ0n) is 15.6. The summed E-state index contributed by atoms with van der Waals surface area (Å²) in [4.78, 5) is 27.4. The summed E-state index contributed by atoms with van der Waals surface area (Å²) >= 11 is 2.73. The smallest absolute Gasteiger partial charge is 0.256 e. The second kappa shape index (κ2) is 8.56. The number of hydrogen-bond acceptors (Lipinski definition) is 9. The highest BCUT2D eigenvalue weighted by atomic mass is 32.2. The first-order valence-corrected chi connectivity index (χ1v) is 11.1. The Bertz CT molecular complexity index is 894. The van der Waals surface area contributed by atoms with Gasteiger partial charge in [-0.15, -0.1) is 10.2 Å². The van der Waals surface area contributed by atoms with Crippen molar-refractivity contribution in [3.05, 3.63) is 29.3 Å². The highest BCUT2D eigenvalue weighted by Crippen LogP contribution is 2.35. The van der Waals surface area contributed by atoms with Crippen LogP contribution in [0.25, 0.3) is 0 Å². The van der Waals surface area contributed by atoms with Crippen molar-refractivity contribution < 1.29 is 14.3 Å². The van der Waals surface area contributed by atoms with Gasteiger partial charge in [0.1, 0.15) is 5.51 Å². The minimum atomic E-state index is -0.171.